The number of hydrogen-bond donors (Lipinski definition) is 1. The van der Waals surface area contributed by atoms with Crippen molar-refractivity contribution in [3.63, 3.8) is 0 Å². The SMILES string of the molecule is Cc1nn(C)c(-n2cc(Br)cn2)c1N. The van der Waals surface area contributed by atoms with Crippen molar-refractivity contribution >= 4 is 21.6 Å². The Kier molecular flexibility index (Phi) is 2.07. The summed E-state index contributed by atoms with van der Waals surface area (Å²) in [5.41, 5.74) is 7.35. The van der Waals surface area contributed by atoms with Crippen LogP contribution in [0.4, 0.5) is 5.69 Å². The molecule has 0 aliphatic rings. The van der Waals surface area contributed by atoms with Gasteiger partial charge in [-0.25, -0.2) is 9.36 Å². The average molecular weight is 256 g/mol. The Morgan fingerprint density at radius 1 is 1.50 bits per heavy atom. The molecule has 2 aromatic heterocycles. The maximum atomic E-state index is 5.89. The fraction of sp³-hybridized carbons (Fsp3) is 0.250. The Hall–Kier alpha value is -1.30. The summed E-state index contributed by atoms with van der Waals surface area (Å²) in [5, 5.41) is 8.36. The summed E-state index contributed by atoms with van der Waals surface area (Å²) in [6.45, 7) is 1.87. The van der Waals surface area contributed by atoms with Crippen LogP contribution in [0.5, 0.6) is 0 Å². The van der Waals surface area contributed by atoms with Gasteiger partial charge in [0.25, 0.3) is 0 Å². The van der Waals surface area contributed by atoms with Gasteiger partial charge in [0.15, 0.2) is 5.82 Å². The summed E-state index contributed by atoms with van der Waals surface area (Å²) in [5.74, 6) is 0.785. The molecule has 5 nitrogen and oxygen atoms in total. The first-order valence-electron chi connectivity index (χ1n) is 4.09. The van der Waals surface area contributed by atoms with Gasteiger partial charge < -0.3 is 5.73 Å². The summed E-state index contributed by atoms with van der Waals surface area (Å²) >= 11 is 3.33. The molecule has 0 aromatic carbocycles. The molecule has 2 heterocycles. The van der Waals surface area contributed by atoms with Crippen LogP contribution in [-0.2, 0) is 7.05 Å². The zero-order chi connectivity index (χ0) is 10.3. The molecule has 2 N–H and O–H groups in total. The van der Waals surface area contributed by atoms with E-state index < -0.39 is 0 Å². The number of anilines is 1. The van der Waals surface area contributed by atoms with Crippen LogP contribution in [0.3, 0.4) is 0 Å². The molecule has 0 spiro atoms. The lowest BCUT2D eigenvalue weighted by atomic mass is 10.4. The fourth-order valence-electron chi connectivity index (χ4n) is 1.35. The third kappa shape index (κ3) is 1.31. The van der Waals surface area contributed by atoms with Gasteiger partial charge in [0.1, 0.15) is 0 Å². The first-order valence-corrected chi connectivity index (χ1v) is 4.88. The van der Waals surface area contributed by atoms with E-state index in [1.807, 2.05) is 20.2 Å². The van der Waals surface area contributed by atoms with Gasteiger partial charge in [0.2, 0.25) is 0 Å². The van der Waals surface area contributed by atoms with E-state index in [-0.39, 0.29) is 0 Å². The third-order valence-corrected chi connectivity index (χ3v) is 2.41. The molecular weight excluding hydrogens is 246 g/mol. The van der Waals surface area contributed by atoms with E-state index in [2.05, 4.69) is 26.1 Å². The largest absolute Gasteiger partial charge is 0.394 e. The van der Waals surface area contributed by atoms with Gasteiger partial charge >= 0.3 is 0 Å². The average Bonchev–Trinajstić information content (AvgIpc) is 2.60. The Morgan fingerprint density at radius 2 is 2.21 bits per heavy atom. The highest BCUT2D eigenvalue weighted by Gasteiger charge is 2.12. The maximum absolute atomic E-state index is 5.89. The number of nitrogen functional groups attached to an aromatic ring is 1. The third-order valence-electron chi connectivity index (χ3n) is 2.01. The molecular formula is C8H10BrN5. The Labute approximate surface area is 89.6 Å². The number of halogens is 1. The zero-order valence-corrected chi connectivity index (χ0v) is 9.48. The number of nitrogens with zero attached hydrogens (tertiary/aromatic N) is 4. The normalized spacial score (nSPS) is 10.8. The van der Waals surface area contributed by atoms with E-state index >= 15 is 0 Å². The van der Waals surface area contributed by atoms with Crippen LogP contribution in [-0.4, -0.2) is 19.6 Å². The second kappa shape index (κ2) is 3.13. The second-order valence-electron chi connectivity index (χ2n) is 3.05. The smallest absolute Gasteiger partial charge is 0.175 e. The van der Waals surface area contributed by atoms with Crippen molar-refractivity contribution in [2.75, 3.05) is 5.73 Å². The molecule has 0 saturated heterocycles. The van der Waals surface area contributed by atoms with Gasteiger partial charge in [0.05, 0.1) is 22.1 Å². The fourth-order valence-corrected chi connectivity index (χ4v) is 1.64. The molecule has 0 radical (unpaired) electrons. The highest BCUT2D eigenvalue weighted by Crippen LogP contribution is 2.20. The van der Waals surface area contributed by atoms with E-state index in [0.29, 0.717) is 5.69 Å². The molecule has 0 atom stereocenters. The van der Waals surface area contributed by atoms with E-state index in [1.54, 1.807) is 15.6 Å². The van der Waals surface area contributed by atoms with Crippen LogP contribution in [0.15, 0.2) is 16.9 Å². The molecule has 0 amide bonds. The summed E-state index contributed by atoms with van der Waals surface area (Å²) < 4.78 is 4.32. The molecule has 0 saturated carbocycles. The molecule has 14 heavy (non-hydrogen) atoms. The minimum absolute atomic E-state index is 0.656. The van der Waals surface area contributed by atoms with Crippen LogP contribution < -0.4 is 5.73 Å². The molecule has 0 unspecified atom stereocenters. The maximum Gasteiger partial charge on any atom is 0.175 e. The topological polar surface area (TPSA) is 61.7 Å². The second-order valence-corrected chi connectivity index (χ2v) is 3.97. The van der Waals surface area contributed by atoms with Gasteiger partial charge in [-0.1, -0.05) is 0 Å². The number of rotatable bonds is 1. The predicted molar refractivity (Wildman–Crippen MR) is 57.2 cm³/mol. The van der Waals surface area contributed by atoms with Crippen LogP contribution in [0.1, 0.15) is 5.69 Å². The first-order chi connectivity index (χ1) is 6.59. The van der Waals surface area contributed by atoms with Gasteiger partial charge in [0, 0.05) is 13.2 Å². The van der Waals surface area contributed by atoms with Crippen molar-refractivity contribution in [2.45, 2.75) is 6.92 Å². The van der Waals surface area contributed by atoms with E-state index in [4.69, 9.17) is 5.73 Å². The molecule has 6 heteroatoms. The van der Waals surface area contributed by atoms with E-state index in [9.17, 15) is 0 Å². The van der Waals surface area contributed by atoms with Crippen molar-refractivity contribution < 1.29 is 0 Å². The van der Waals surface area contributed by atoms with Crippen molar-refractivity contribution in [1.29, 1.82) is 0 Å². The minimum atomic E-state index is 0.656. The van der Waals surface area contributed by atoms with Gasteiger partial charge in [-0.05, 0) is 22.9 Å². The molecule has 0 aliphatic carbocycles. The van der Waals surface area contributed by atoms with Crippen molar-refractivity contribution in [3.8, 4) is 5.82 Å². The van der Waals surface area contributed by atoms with Crippen LogP contribution in [0.25, 0.3) is 5.82 Å². The first kappa shape index (κ1) is 9.26. The lowest BCUT2D eigenvalue weighted by Gasteiger charge is -2.01. The van der Waals surface area contributed by atoms with Crippen molar-refractivity contribution in [1.82, 2.24) is 19.6 Å². The van der Waals surface area contributed by atoms with E-state index in [0.717, 1.165) is 16.0 Å². The lowest BCUT2D eigenvalue weighted by molar-refractivity contribution is 0.694. The molecule has 2 rings (SSSR count). The zero-order valence-electron chi connectivity index (χ0n) is 7.90. The monoisotopic (exact) mass is 255 g/mol. The highest BCUT2D eigenvalue weighted by atomic mass is 79.9. The molecule has 0 fully saturated rings. The summed E-state index contributed by atoms with van der Waals surface area (Å²) in [4.78, 5) is 0. The molecule has 74 valence electrons. The van der Waals surface area contributed by atoms with E-state index in [1.165, 1.54) is 0 Å². The Bertz CT molecular complexity index is 470. The molecule has 0 aliphatic heterocycles. The number of hydrogen-bond acceptors (Lipinski definition) is 3. The molecule has 2 aromatic rings. The van der Waals surface area contributed by atoms with Crippen molar-refractivity contribution in [3.05, 3.63) is 22.6 Å². The van der Waals surface area contributed by atoms with Crippen LogP contribution in [0, 0.1) is 6.92 Å². The standard InChI is InChI=1S/C8H10BrN5/c1-5-7(10)8(13(2)12-5)14-4-6(9)3-11-14/h3-4H,10H2,1-2H3. The molecule has 0 bridgehead atoms. The van der Waals surface area contributed by atoms with Gasteiger partial charge in [-0.2, -0.15) is 10.2 Å². The Morgan fingerprint density at radius 3 is 2.64 bits per heavy atom. The van der Waals surface area contributed by atoms with Gasteiger partial charge in [-0.3, -0.25) is 0 Å². The summed E-state index contributed by atoms with van der Waals surface area (Å²) in [7, 11) is 1.84. The quantitative estimate of drug-likeness (QED) is 0.835. The summed E-state index contributed by atoms with van der Waals surface area (Å²) in [6.07, 6.45) is 3.55. The predicted octanol–water partition coefficient (Wildman–Crippen LogP) is 1.26. The minimum Gasteiger partial charge on any atom is -0.394 e. The number of aromatic nitrogens is 4. The summed E-state index contributed by atoms with van der Waals surface area (Å²) in [6, 6.07) is 0. The lowest BCUT2D eigenvalue weighted by Crippen LogP contribution is -2.05. The Balaban J connectivity index is 2.61. The number of nitrogens with two attached hydrogens (primary N) is 1. The van der Waals surface area contributed by atoms with Crippen LogP contribution >= 0.6 is 15.9 Å². The van der Waals surface area contributed by atoms with Crippen LogP contribution in [0.2, 0.25) is 0 Å². The van der Waals surface area contributed by atoms with Gasteiger partial charge in [-0.15, -0.1) is 0 Å². The van der Waals surface area contributed by atoms with Crippen molar-refractivity contribution in [2.24, 2.45) is 7.05 Å². The highest BCUT2D eigenvalue weighted by molar-refractivity contribution is 9.10. The number of aryl methyl sites for hydroxylation is 2.